The van der Waals surface area contributed by atoms with Gasteiger partial charge in [-0.3, -0.25) is 14.4 Å². The van der Waals surface area contributed by atoms with E-state index >= 15 is 0 Å². The second kappa shape index (κ2) is 8.96. The molecule has 2 bridgehead atoms. The van der Waals surface area contributed by atoms with Crippen molar-refractivity contribution in [2.45, 2.75) is 8.65 Å². The average Bonchev–Trinajstić information content (AvgIpc) is 3.27. The van der Waals surface area contributed by atoms with Gasteiger partial charge in [0.15, 0.2) is 0 Å². The van der Waals surface area contributed by atoms with Crippen LogP contribution in [0.2, 0.25) is 0 Å². The molecular formula is C32H20Br2N2O5. The van der Waals surface area contributed by atoms with E-state index in [9.17, 15) is 24.3 Å². The van der Waals surface area contributed by atoms with Crippen molar-refractivity contribution in [3.63, 3.8) is 0 Å². The van der Waals surface area contributed by atoms with E-state index in [-0.39, 0.29) is 34.3 Å². The first-order chi connectivity index (χ1) is 19.7. The van der Waals surface area contributed by atoms with Crippen LogP contribution in [0.4, 0.5) is 11.4 Å². The zero-order chi connectivity index (χ0) is 28.7. The molecule has 9 heteroatoms. The van der Waals surface area contributed by atoms with Gasteiger partial charge < -0.3 is 10.4 Å². The van der Waals surface area contributed by atoms with E-state index in [0.29, 0.717) is 0 Å². The molecule has 4 aliphatic rings. The van der Waals surface area contributed by atoms with Gasteiger partial charge in [0.1, 0.15) is 0 Å². The molecule has 0 saturated carbocycles. The number of anilines is 2. The van der Waals surface area contributed by atoms with Gasteiger partial charge in [0.05, 0.1) is 37.4 Å². The fourth-order valence-corrected chi connectivity index (χ4v) is 8.98. The highest BCUT2D eigenvalue weighted by atomic mass is 79.9. The third kappa shape index (κ3) is 3.36. The Morgan fingerprint density at radius 2 is 1.20 bits per heavy atom. The Bertz CT molecular complexity index is 1710. The molecule has 8 rings (SSSR count). The van der Waals surface area contributed by atoms with Crippen LogP contribution in [0.1, 0.15) is 43.0 Å². The molecule has 4 aromatic carbocycles. The summed E-state index contributed by atoms with van der Waals surface area (Å²) in [6, 6.07) is 28.0. The molecule has 0 aromatic heterocycles. The first-order valence-corrected chi connectivity index (χ1v) is 14.5. The molecule has 2 atom stereocenters. The fourth-order valence-electron chi connectivity index (χ4n) is 6.68. The number of imide groups is 1. The number of halogens is 2. The van der Waals surface area contributed by atoms with Gasteiger partial charge >= 0.3 is 5.97 Å². The van der Waals surface area contributed by atoms with E-state index in [1.54, 1.807) is 30.3 Å². The van der Waals surface area contributed by atoms with Crippen molar-refractivity contribution >= 4 is 66.9 Å². The van der Waals surface area contributed by atoms with Crippen LogP contribution in [0.15, 0.2) is 97.1 Å². The zero-order valence-corrected chi connectivity index (χ0v) is 24.3. The largest absolute Gasteiger partial charge is 0.478 e. The molecule has 4 aromatic rings. The van der Waals surface area contributed by atoms with Crippen molar-refractivity contribution in [3.05, 3.63) is 130 Å². The summed E-state index contributed by atoms with van der Waals surface area (Å²) >= 11 is 7.98. The number of nitrogens with zero attached hydrogens (tertiary/aromatic N) is 1. The number of carbonyl (C=O) groups excluding carboxylic acids is 3. The van der Waals surface area contributed by atoms with Gasteiger partial charge in [0.2, 0.25) is 11.8 Å². The molecule has 3 aliphatic carbocycles. The van der Waals surface area contributed by atoms with Crippen LogP contribution in [0.3, 0.4) is 0 Å². The Balaban J connectivity index is 1.31. The summed E-state index contributed by atoms with van der Waals surface area (Å²) in [5.41, 5.74) is 4.28. The van der Waals surface area contributed by atoms with Crippen molar-refractivity contribution in [1.29, 1.82) is 0 Å². The molecule has 1 saturated heterocycles. The molecule has 1 heterocycles. The number of nitrogens with one attached hydrogen (secondary N) is 1. The SMILES string of the molecule is O=C(Nc1ccccc1C(=O)O)c1cccc(N2C(=O)[C@H]3[C@H](C2=O)C2(Br)c4ccccc4C3(Br)c3ccccc32)c1. The number of aromatic carboxylic acids is 1. The van der Waals surface area contributed by atoms with Crippen LogP contribution in [0.25, 0.3) is 0 Å². The second-order valence-electron chi connectivity index (χ2n) is 10.3. The van der Waals surface area contributed by atoms with Gasteiger partial charge in [-0.1, -0.05) is 98.6 Å². The summed E-state index contributed by atoms with van der Waals surface area (Å²) in [6.07, 6.45) is 0. The highest BCUT2D eigenvalue weighted by molar-refractivity contribution is 9.10. The molecule has 2 N–H and O–H groups in total. The van der Waals surface area contributed by atoms with E-state index < -0.39 is 32.4 Å². The van der Waals surface area contributed by atoms with Gasteiger partial charge in [-0.2, -0.15) is 0 Å². The predicted octanol–water partition coefficient (Wildman–Crippen LogP) is 6.05. The Hall–Kier alpha value is -4.08. The summed E-state index contributed by atoms with van der Waals surface area (Å²) in [5.74, 6) is -3.93. The van der Waals surface area contributed by atoms with Gasteiger partial charge in [-0.15, -0.1) is 0 Å². The van der Waals surface area contributed by atoms with Crippen LogP contribution < -0.4 is 10.2 Å². The van der Waals surface area contributed by atoms with Crippen LogP contribution in [0.5, 0.6) is 0 Å². The minimum Gasteiger partial charge on any atom is -0.478 e. The number of alkyl halides is 2. The third-order valence-electron chi connectivity index (χ3n) is 8.36. The topological polar surface area (TPSA) is 104 Å². The maximum Gasteiger partial charge on any atom is 0.337 e. The molecule has 3 amide bonds. The van der Waals surface area contributed by atoms with Crippen molar-refractivity contribution in [3.8, 4) is 0 Å². The minimum atomic E-state index is -1.17. The van der Waals surface area contributed by atoms with E-state index in [2.05, 4.69) is 37.2 Å². The highest BCUT2D eigenvalue weighted by Crippen LogP contribution is 2.70. The molecule has 0 unspecified atom stereocenters. The minimum absolute atomic E-state index is 0.0502. The van der Waals surface area contributed by atoms with Crippen LogP contribution >= 0.6 is 31.9 Å². The van der Waals surface area contributed by atoms with E-state index in [0.717, 1.165) is 22.3 Å². The van der Waals surface area contributed by atoms with Crippen LogP contribution in [-0.4, -0.2) is 28.8 Å². The zero-order valence-electron chi connectivity index (χ0n) is 21.2. The normalized spacial score (nSPS) is 25.4. The number of carboxylic acid groups (broad SMARTS) is 1. The van der Waals surface area contributed by atoms with Gasteiger partial charge in [0, 0.05) is 5.56 Å². The number of para-hydroxylation sites is 1. The van der Waals surface area contributed by atoms with Crippen LogP contribution in [0, 0.1) is 11.8 Å². The van der Waals surface area contributed by atoms with E-state index in [1.165, 1.54) is 23.1 Å². The van der Waals surface area contributed by atoms with Crippen LogP contribution in [-0.2, 0) is 18.2 Å². The summed E-state index contributed by atoms with van der Waals surface area (Å²) in [4.78, 5) is 54.5. The van der Waals surface area contributed by atoms with Gasteiger partial charge in [0.25, 0.3) is 5.91 Å². The Labute approximate surface area is 251 Å². The standard InChI is InChI=1S/C32H20Br2N2O5/c33-31-20-11-2-3-12-21(20)32(34,23-14-5-4-13-22(23)31)26-25(31)28(38)36(29(26)39)18-9-7-8-17(16-18)27(37)35-24-15-6-1-10-19(24)30(40)41/h1-16,25-26H,(H,35,37)(H,40,41)/t25-,26-,31?,32?/m1/s1. The molecular weight excluding hydrogens is 652 g/mol. The predicted molar refractivity (Wildman–Crippen MR) is 160 cm³/mol. The number of hydrogen-bond donors (Lipinski definition) is 2. The fraction of sp³-hybridized carbons (Fsp3) is 0.125. The Kier molecular flexibility index (Phi) is 5.65. The summed E-state index contributed by atoms with van der Waals surface area (Å²) in [5, 5.41) is 12.1. The van der Waals surface area contributed by atoms with Gasteiger partial charge in [-0.25, -0.2) is 9.69 Å². The molecule has 0 spiro atoms. The Morgan fingerprint density at radius 3 is 1.71 bits per heavy atom. The quantitative estimate of drug-likeness (QED) is 0.203. The van der Waals surface area contributed by atoms with Gasteiger partial charge in [-0.05, 0) is 52.6 Å². The third-order valence-corrected chi connectivity index (χ3v) is 11.1. The number of rotatable bonds is 4. The monoisotopic (exact) mass is 670 g/mol. The summed E-state index contributed by atoms with van der Waals surface area (Å²) in [7, 11) is 0. The average molecular weight is 672 g/mol. The lowest BCUT2D eigenvalue weighted by Gasteiger charge is -2.55. The second-order valence-corrected chi connectivity index (χ2v) is 12.8. The number of benzene rings is 4. The maximum atomic E-state index is 14.3. The lowest BCUT2D eigenvalue weighted by molar-refractivity contribution is -0.122. The first-order valence-electron chi connectivity index (χ1n) is 12.9. The molecule has 202 valence electrons. The molecule has 1 fully saturated rings. The number of carboxylic acids is 1. The smallest absolute Gasteiger partial charge is 0.337 e. The van der Waals surface area contributed by atoms with Crippen molar-refractivity contribution in [2.75, 3.05) is 10.2 Å². The number of carbonyl (C=O) groups is 4. The van der Waals surface area contributed by atoms with Crippen molar-refractivity contribution in [1.82, 2.24) is 0 Å². The van der Waals surface area contributed by atoms with Crippen molar-refractivity contribution in [2.24, 2.45) is 11.8 Å². The molecule has 41 heavy (non-hydrogen) atoms. The first kappa shape index (κ1) is 25.9. The lowest BCUT2D eigenvalue weighted by Crippen LogP contribution is -2.56. The van der Waals surface area contributed by atoms with E-state index in [1.807, 2.05) is 48.5 Å². The summed E-state index contributed by atoms with van der Waals surface area (Å²) < 4.78 is -1.84. The molecule has 7 nitrogen and oxygen atoms in total. The van der Waals surface area contributed by atoms with Crippen molar-refractivity contribution < 1.29 is 24.3 Å². The number of hydrogen-bond acceptors (Lipinski definition) is 4. The summed E-state index contributed by atoms with van der Waals surface area (Å²) in [6.45, 7) is 0. The maximum absolute atomic E-state index is 14.3. The molecule has 0 radical (unpaired) electrons. The molecule has 1 aliphatic heterocycles. The Morgan fingerprint density at radius 1 is 0.707 bits per heavy atom. The van der Waals surface area contributed by atoms with E-state index in [4.69, 9.17) is 0 Å². The lowest BCUT2D eigenvalue weighted by atomic mass is 9.54. The highest BCUT2D eigenvalue weighted by Gasteiger charge is 2.72. The number of amides is 3.